The predicted octanol–water partition coefficient (Wildman–Crippen LogP) is -0.583. The van der Waals surface area contributed by atoms with Gasteiger partial charge in [0, 0.05) is 30.6 Å². The summed E-state index contributed by atoms with van der Waals surface area (Å²) in [6, 6.07) is 8.25. The van der Waals surface area contributed by atoms with Gasteiger partial charge in [-0.15, -0.1) is 0 Å². The highest BCUT2D eigenvalue weighted by Gasteiger charge is 2.26. The molecule has 30 heavy (non-hydrogen) atoms. The molecular weight excluding hydrogens is 406 g/mol. The standard InChI is InChI=1S/C16H20N2O5S.C5H11N/c1-10(19)15(16(20)21)17-24(22,23)14-9-5-6-11-12(14)7-4-8-13(11)18(2)3;1-2-4-6-5-3-1/h4-10,15,17,19H,1-3H3,(H,20,21);6H,1-5H2/t10-,15+;/m1./s1. The van der Waals surface area contributed by atoms with Gasteiger partial charge >= 0.3 is 0 Å². The number of nitrogens with zero attached hydrogens (tertiary/aromatic N) is 1. The van der Waals surface area contributed by atoms with Gasteiger partial charge < -0.3 is 25.2 Å². The molecule has 2 aromatic carbocycles. The SMILES string of the molecule is C1CC[NH2+]CC1.C[C@@H](O)[C@H](NS(=O)(=O)c1cccc2c(N(C)C)cccc12)C(=O)[O-]. The van der Waals surface area contributed by atoms with E-state index in [9.17, 15) is 23.4 Å². The summed E-state index contributed by atoms with van der Waals surface area (Å²) < 4.78 is 27.2. The number of quaternary nitrogens is 1. The van der Waals surface area contributed by atoms with Crippen LogP contribution in [0.5, 0.6) is 0 Å². The number of carboxylic acid groups (broad SMARTS) is 1. The van der Waals surface area contributed by atoms with Crippen molar-refractivity contribution in [3.05, 3.63) is 36.4 Å². The summed E-state index contributed by atoms with van der Waals surface area (Å²) in [5.74, 6) is -1.69. The number of carboxylic acids is 1. The minimum absolute atomic E-state index is 0.0596. The molecule has 0 aromatic heterocycles. The first-order valence-corrected chi connectivity index (χ1v) is 11.6. The molecule has 1 aliphatic heterocycles. The van der Waals surface area contributed by atoms with Crippen molar-refractivity contribution in [2.24, 2.45) is 0 Å². The number of aliphatic hydroxyl groups excluding tert-OH is 1. The molecule has 8 nitrogen and oxygen atoms in total. The zero-order valence-electron chi connectivity index (χ0n) is 17.7. The first-order valence-electron chi connectivity index (χ1n) is 10.1. The molecule has 1 fully saturated rings. The van der Waals surface area contributed by atoms with Crippen LogP contribution in [0, 0.1) is 0 Å². The molecule has 1 saturated heterocycles. The number of rotatable bonds is 6. The monoisotopic (exact) mass is 437 g/mol. The van der Waals surface area contributed by atoms with Crippen molar-refractivity contribution in [2.75, 3.05) is 32.1 Å². The number of benzene rings is 2. The van der Waals surface area contributed by atoms with E-state index in [2.05, 4.69) is 5.32 Å². The lowest BCUT2D eigenvalue weighted by Gasteiger charge is -2.23. The van der Waals surface area contributed by atoms with Crippen molar-refractivity contribution in [3.63, 3.8) is 0 Å². The Hall–Kier alpha value is -2.20. The lowest BCUT2D eigenvalue weighted by atomic mass is 10.1. The Balaban J connectivity index is 0.000000456. The van der Waals surface area contributed by atoms with Gasteiger partial charge in [0.2, 0.25) is 10.0 Å². The molecule has 3 rings (SSSR count). The highest BCUT2D eigenvalue weighted by Crippen LogP contribution is 2.30. The number of sulfonamides is 1. The smallest absolute Gasteiger partial charge is 0.241 e. The molecule has 4 N–H and O–H groups in total. The van der Waals surface area contributed by atoms with Crippen LogP contribution >= 0.6 is 0 Å². The molecule has 0 radical (unpaired) electrons. The number of aliphatic hydroxyl groups is 1. The molecule has 0 aliphatic carbocycles. The van der Waals surface area contributed by atoms with Crippen molar-refractivity contribution in [3.8, 4) is 0 Å². The van der Waals surface area contributed by atoms with Gasteiger partial charge in [-0.1, -0.05) is 24.3 Å². The van der Waals surface area contributed by atoms with Crippen LogP contribution < -0.4 is 20.0 Å². The second kappa shape index (κ2) is 10.7. The number of carbonyl (C=O) groups excluding carboxylic acids is 1. The lowest BCUT2D eigenvalue weighted by molar-refractivity contribution is -0.662. The summed E-state index contributed by atoms with van der Waals surface area (Å²) in [6.07, 6.45) is 2.92. The number of hydrogen-bond acceptors (Lipinski definition) is 6. The quantitative estimate of drug-likeness (QED) is 0.555. The maximum Gasteiger partial charge on any atom is 0.241 e. The summed E-state index contributed by atoms with van der Waals surface area (Å²) in [7, 11) is -0.486. The van der Waals surface area contributed by atoms with Crippen molar-refractivity contribution < 1.29 is 28.7 Å². The normalized spacial score (nSPS) is 16.3. The first kappa shape index (κ1) is 24.1. The lowest BCUT2D eigenvalue weighted by Crippen LogP contribution is -2.85. The molecule has 0 unspecified atom stereocenters. The van der Waals surface area contributed by atoms with E-state index in [-0.39, 0.29) is 4.90 Å². The number of piperidine rings is 1. The Morgan fingerprint density at radius 2 is 1.70 bits per heavy atom. The molecule has 2 atom stereocenters. The van der Waals surface area contributed by atoms with Crippen LogP contribution in [0.1, 0.15) is 26.2 Å². The van der Waals surface area contributed by atoms with E-state index in [0.29, 0.717) is 10.8 Å². The minimum Gasteiger partial charge on any atom is -0.548 e. The van der Waals surface area contributed by atoms with Crippen LogP contribution in [0.15, 0.2) is 41.3 Å². The van der Waals surface area contributed by atoms with Gasteiger partial charge in [-0.05, 0) is 38.3 Å². The van der Waals surface area contributed by atoms with Crippen LogP contribution in [0.3, 0.4) is 0 Å². The maximum absolute atomic E-state index is 12.6. The maximum atomic E-state index is 12.6. The van der Waals surface area contributed by atoms with Gasteiger partial charge in [-0.2, -0.15) is 4.72 Å². The number of nitrogens with one attached hydrogen (secondary N) is 1. The van der Waals surface area contributed by atoms with Crippen LogP contribution in [0.25, 0.3) is 10.8 Å². The van der Waals surface area contributed by atoms with Gasteiger partial charge in [0.15, 0.2) is 0 Å². The highest BCUT2D eigenvalue weighted by atomic mass is 32.2. The Labute approximate surface area is 177 Å². The van der Waals surface area contributed by atoms with Crippen molar-refractivity contribution in [2.45, 2.75) is 43.2 Å². The van der Waals surface area contributed by atoms with Gasteiger partial charge in [0.05, 0.1) is 36.1 Å². The number of carbonyl (C=O) groups is 1. The third kappa shape index (κ3) is 6.15. The van der Waals surface area contributed by atoms with E-state index >= 15 is 0 Å². The third-order valence-corrected chi connectivity index (χ3v) is 6.46. The molecule has 2 aromatic rings. The van der Waals surface area contributed by atoms with Gasteiger partial charge in [-0.25, -0.2) is 8.42 Å². The highest BCUT2D eigenvalue weighted by molar-refractivity contribution is 7.89. The minimum atomic E-state index is -4.17. The third-order valence-electron chi connectivity index (χ3n) is 4.97. The number of hydrogen-bond donors (Lipinski definition) is 3. The topological polar surface area (TPSA) is 126 Å². The predicted molar refractivity (Wildman–Crippen MR) is 115 cm³/mol. The average Bonchev–Trinajstić information content (AvgIpc) is 2.72. The van der Waals surface area contributed by atoms with Crippen LogP contribution in [-0.4, -0.2) is 58.8 Å². The molecule has 0 spiro atoms. The Morgan fingerprint density at radius 1 is 1.10 bits per heavy atom. The molecule has 0 saturated carbocycles. The molecule has 0 amide bonds. The fourth-order valence-electron chi connectivity index (χ4n) is 3.36. The molecule has 0 bridgehead atoms. The molecule has 9 heteroatoms. The molecule has 1 aliphatic rings. The Morgan fingerprint density at radius 3 is 2.17 bits per heavy atom. The van der Waals surface area contributed by atoms with Crippen molar-refractivity contribution in [1.29, 1.82) is 0 Å². The largest absolute Gasteiger partial charge is 0.548 e. The van der Waals surface area contributed by atoms with E-state index in [1.165, 1.54) is 45.3 Å². The second-order valence-corrected chi connectivity index (χ2v) is 9.29. The first-order chi connectivity index (χ1) is 14.1. The second-order valence-electron chi connectivity index (χ2n) is 7.61. The Bertz CT molecular complexity index is 945. The summed E-state index contributed by atoms with van der Waals surface area (Å²) in [6.45, 7) is 3.93. The van der Waals surface area contributed by atoms with E-state index < -0.39 is 28.1 Å². The molecular formula is C21H31N3O5S. The van der Waals surface area contributed by atoms with Crippen LogP contribution in [0.2, 0.25) is 0 Å². The van der Waals surface area contributed by atoms with E-state index in [0.717, 1.165) is 5.69 Å². The average molecular weight is 438 g/mol. The zero-order chi connectivity index (χ0) is 22.3. The summed E-state index contributed by atoms with van der Waals surface area (Å²) in [5, 5.41) is 24.1. The fourth-order valence-corrected chi connectivity index (χ4v) is 4.84. The van der Waals surface area contributed by atoms with Crippen LogP contribution in [0.4, 0.5) is 5.69 Å². The molecule has 1 heterocycles. The van der Waals surface area contributed by atoms with Crippen LogP contribution in [-0.2, 0) is 14.8 Å². The summed E-state index contributed by atoms with van der Waals surface area (Å²) >= 11 is 0. The van der Waals surface area contributed by atoms with Gasteiger partial charge in [0.25, 0.3) is 0 Å². The Kier molecular flexibility index (Phi) is 8.60. The van der Waals surface area contributed by atoms with E-state index in [1.807, 2.05) is 29.8 Å². The fraction of sp³-hybridized carbons (Fsp3) is 0.476. The number of anilines is 1. The van der Waals surface area contributed by atoms with Crippen molar-refractivity contribution in [1.82, 2.24) is 4.72 Å². The van der Waals surface area contributed by atoms with Gasteiger partial charge in [-0.3, -0.25) is 0 Å². The summed E-state index contributed by atoms with van der Waals surface area (Å²) in [5.41, 5.74) is 0.830. The molecule has 166 valence electrons. The number of aliphatic carboxylic acids is 1. The van der Waals surface area contributed by atoms with E-state index in [1.54, 1.807) is 24.3 Å². The van der Waals surface area contributed by atoms with Crippen molar-refractivity contribution >= 4 is 32.5 Å². The van der Waals surface area contributed by atoms with E-state index in [4.69, 9.17) is 0 Å². The number of nitrogens with two attached hydrogens (primary N) is 1. The zero-order valence-corrected chi connectivity index (χ0v) is 18.5. The number of fused-ring (bicyclic) bond motifs is 1. The van der Waals surface area contributed by atoms with Gasteiger partial charge in [0.1, 0.15) is 0 Å². The summed E-state index contributed by atoms with van der Waals surface area (Å²) in [4.78, 5) is 12.8.